The third kappa shape index (κ3) is 5.01. The summed E-state index contributed by atoms with van der Waals surface area (Å²) < 4.78 is 18.4. The fourth-order valence-electron chi connectivity index (χ4n) is 2.64. The van der Waals surface area contributed by atoms with Gasteiger partial charge in [-0.2, -0.15) is 0 Å². The van der Waals surface area contributed by atoms with Crippen molar-refractivity contribution < 1.29 is 28.4 Å². The van der Waals surface area contributed by atoms with Gasteiger partial charge in [-0.1, -0.05) is 11.6 Å². The number of nitro groups is 1. The van der Waals surface area contributed by atoms with Crippen molar-refractivity contribution in [3.8, 4) is 5.75 Å². The summed E-state index contributed by atoms with van der Waals surface area (Å²) >= 11 is 6.24. The number of nitro benzene ring substituents is 1. The number of ether oxygens (including phenoxy) is 1. The van der Waals surface area contributed by atoms with Crippen molar-refractivity contribution in [3.05, 3.63) is 67.8 Å². The number of anilines is 1. The molecular weight excluding hydrogens is 453 g/mol. The highest BCUT2D eigenvalue weighted by molar-refractivity contribution is 8.18. The summed E-state index contributed by atoms with van der Waals surface area (Å²) in [5.74, 6) is -1.83. The van der Waals surface area contributed by atoms with Crippen LogP contribution in [0.5, 0.6) is 5.75 Å². The maximum Gasteiger partial charge on any atom is 0.294 e. The summed E-state index contributed by atoms with van der Waals surface area (Å²) in [6.07, 6.45) is 1.29. The molecule has 0 spiro atoms. The Morgan fingerprint density at radius 1 is 1.32 bits per heavy atom. The van der Waals surface area contributed by atoms with Crippen LogP contribution in [0.2, 0.25) is 5.02 Å². The predicted molar refractivity (Wildman–Crippen MR) is 112 cm³/mol. The van der Waals surface area contributed by atoms with Crippen LogP contribution in [0.1, 0.15) is 5.56 Å². The molecule has 2 aromatic carbocycles. The van der Waals surface area contributed by atoms with Gasteiger partial charge in [-0.15, -0.1) is 0 Å². The third-order valence-electron chi connectivity index (χ3n) is 4.09. The number of halogens is 2. The van der Waals surface area contributed by atoms with E-state index in [2.05, 4.69) is 5.32 Å². The first-order valence-electron chi connectivity index (χ1n) is 8.52. The molecule has 1 N–H and O–H groups in total. The van der Waals surface area contributed by atoms with Crippen LogP contribution < -0.4 is 10.1 Å². The van der Waals surface area contributed by atoms with Crippen molar-refractivity contribution in [2.75, 3.05) is 19.0 Å². The van der Waals surface area contributed by atoms with Crippen LogP contribution in [-0.2, 0) is 9.59 Å². The van der Waals surface area contributed by atoms with Crippen LogP contribution >= 0.6 is 23.4 Å². The summed E-state index contributed by atoms with van der Waals surface area (Å²) in [4.78, 5) is 48.2. The molecule has 1 fully saturated rings. The lowest BCUT2D eigenvalue weighted by atomic mass is 10.1. The van der Waals surface area contributed by atoms with E-state index in [1.165, 1.54) is 43.5 Å². The molecule has 2 aromatic rings. The Bertz CT molecular complexity index is 1140. The summed E-state index contributed by atoms with van der Waals surface area (Å²) in [7, 11) is 1.36. The Labute approximate surface area is 184 Å². The first-order chi connectivity index (χ1) is 14.7. The second kappa shape index (κ2) is 9.14. The average molecular weight is 466 g/mol. The van der Waals surface area contributed by atoms with E-state index in [1.807, 2.05) is 0 Å². The van der Waals surface area contributed by atoms with Gasteiger partial charge >= 0.3 is 0 Å². The standard InChI is InChI=1S/C19H13ClFN3O6S/c1-30-15-5-3-12(24(28)29)6-10(15)7-16-18(26)23(19(27)31-16)9-17(25)22-11-2-4-14(21)13(20)8-11/h2-8H,9H2,1H3,(H,22,25)/b16-7+. The summed E-state index contributed by atoms with van der Waals surface area (Å²) in [5, 5.41) is 12.5. The number of benzene rings is 2. The van der Waals surface area contributed by atoms with Crippen LogP contribution in [0.15, 0.2) is 41.3 Å². The quantitative estimate of drug-likeness (QED) is 0.388. The van der Waals surface area contributed by atoms with E-state index in [4.69, 9.17) is 16.3 Å². The van der Waals surface area contributed by atoms with Crippen LogP contribution in [0, 0.1) is 15.9 Å². The lowest BCUT2D eigenvalue weighted by Gasteiger charge is -2.12. The Kier molecular flexibility index (Phi) is 6.56. The number of nitrogens with zero attached hydrogens (tertiary/aromatic N) is 2. The molecule has 1 aliphatic heterocycles. The Balaban J connectivity index is 1.77. The number of non-ortho nitro benzene ring substituents is 1. The minimum absolute atomic E-state index is 0.0265. The van der Waals surface area contributed by atoms with Crippen LogP contribution in [0.4, 0.5) is 20.6 Å². The highest BCUT2D eigenvalue weighted by Gasteiger charge is 2.36. The number of methoxy groups -OCH3 is 1. The van der Waals surface area contributed by atoms with Gasteiger partial charge in [-0.25, -0.2) is 4.39 Å². The second-order valence-corrected chi connectivity index (χ2v) is 7.53. The topological polar surface area (TPSA) is 119 Å². The maximum absolute atomic E-state index is 13.2. The Hall–Kier alpha value is -3.44. The van der Waals surface area contributed by atoms with E-state index in [0.717, 1.165) is 11.0 Å². The number of carbonyl (C=O) groups is 3. The number of thioether (sulfide) groups is 1. The van der Waals surface area contributed by atoms with Crippen LogP contribution in [0.25, 0.3) is 6.08 Å². The fourth-order valence-corrected chi connectivity index (χ4v) is 3.65. The van der Waals surface area contributed by atoms with E-state index in [1.54, 1.807) is 0 Å². The zero-order chi connectivity index (χ0) is 22.7. The molecule has 1 aliphatic rings. The lowest BCUT2D eigenvalue weighted by Crippen LogP contribution is -2.36. The number of hydrogen-bond donors (Lipinski definition) is 1. The van der Waals surface area contributed by atoms with E-state index < -0.39 is 34.3 Å². The van der Waals surface area contributed by atoms with Crippen molar-refractivity contribution >= 4 is 57.9 Å². The van der Waals surface area contributed by atoms with Gasteiger partial charge in [-0.05, 0) is 42.1 Å². The van der Waals surface area contributed by atoms with Gasteiger partial charge in [0, 0.05) is 23.4 Å². The van der Waals surface area contributed by atoms with Gasteiger partial charge in [0.1, 0.15) is 18.1 Å². The first kappa shape index (κ1) is 22.2. The van der Waals surface area contributed by atoms with Gasteiger partial charge in [0.15, 0.2) is 0 Å². The third-order valence-corrected chi connectivity index (χ3v) is 5.29. The van der Waals surface area contributed by atoms with Crippen LogP contribution in [-0.4, -0.2) is 40.5 Å². The maximum atomic E-state index is 13.2. The minimum Gasteiger partial charge on any atom is -0.496 e. The average Bonchev–Trinajstić information content (AvgIpc) is 2.98. The highest BCUT2D eigenvalue weighted by Crippen LogP contribution is 2.35. The summed E-state index contributed by atoms with van der Waals surface area (Å²) in [6, 6.07) is 7.35. The summed E-state index contributed by atoms with van der Waals surface area (Å²) in [5.41, 5.74) is 0.205. The van der Waals surface area contributed by atoms with Gasteiger partial charge < -0.3 is 10.1 Å². The van der Waals surface area contributed by atoms with Crippen molar-refractivity contribution in [1.82, 2.24) is 4.90 Å². The molecule has 1 heterocycles. The van der Waals surface area contributed by atoms with Crippen molar-refractivity contribution in [1.29, 1.82) is 0 Å². The number of hydrogen-bond acceptors (Lipinski definition) is 7. The SMILES string of the molecule is COc1ccc([N+](=O)[O-])cc1/C=C1/SC(=O)N(CC(=O)Nc2ccc(F)c(Cl)c2)C1=O. The zero-order valence-electron chi connectivity index (χ0n) is 15.8. The Morgan fingerprint density at radius 3 is 2.71 bits per heavy atom. The lowest BCUT2D eigenvalue weighted by molar-refractivity contribution is -0.384. The molecule has 3 amide bonds. The first-order valence-corrected chi connectivity index (χ1v) is 9.71. The monoisotopic (exact) mass is 465 g/mol. The fraction of sp³-hybridized carbons (Fsp3) is 0.105. The molecule has 0 saturated carbocycles. The van der Waals surface area contributed by atoms with E-state index in [9.17, 15) is 28.9 Å². The van der Waals surface area contributed by atoms with E-state index in [0.29, 0.717) is 11.8 Å². The summed E-state index contributed by atoms with van der Waals surface area (Å²) in [6.45, 7) is -0.580. The molecule has 0 atom stereocenters. The van der Waals surface area contributed by atoms with Gasteiger partial charge in [-0.3, -0.25) is 29.4 Å². The van der Waals surface area contributed by atoms with Crippen molar-refractivity contribution in [2.24, 2.45) is 0 Å². The van der Waals surface area contributed by atoms with Crippen molar-refractivity contribution in [2.45, 2.75) is 0 Å². The molecule has 0 aliphatic carbocycles. The molecule has 0 unspecified atom stereocenters. The Morgan fingerprint density at radius 2 is 2.06 bits per heavy atom. The number of carbonyl (C=O) groups excluding carboxylic acids is 3. The molecular formula is C19H13ClFN3O6S. The van der Waals surface area contributed by atoms with Crippen LogP contribution in [0.3, 0.4) is 0 Å². The van der Waals surface area contributed by atoms with E-state index >= 15 is 0 Å². The van der Waals surface area contributed by atoms with Gasteiger partial charge in [0.25, 0.3) is 16.8 Å². The normalized spacial score (nSPS) is 14.8. The number of nitrogens with one attached hydrogen (secondary N) is 1. The smallest absolute Gasteiger partial charge is 0.294 e. The minimum atomic E-state index is -0.740. The molecule has 0 radical (unpaired) electrons. The highest BCUT2D eigenvalue weighted by atomic mass is 35.5. The molecule has 12 heteroatoms. The number of imide groups is 1. The molecule has 3 rings (SSSR count). The van der Waals surface area contributed by atoms with Crippen molar-refractivity contribution in [3.63, 3.8) is 0 Å². The number of rotatable bonds is 6. The molecule has 9 nitrogen and oxygen atoms in total. The van der Waals surface area contributed by atoms with Gasteiger partial charge in [0.05, 0.1) is 22.0 Å². The molecule has 0 aromatic heterocycles. The second-order valence-electron chi connectivity index (χ2n) is 6.13. The molecule has 31 heavy (non-hydrogen) atoms. The molecule has 0 bridgehead atoms. The molecule has 1 saturated heterocycles. The largest absolute Gasteiger partial charge is 0.496 e. The van der Waals surface area contributed by atoms with E-state index in [-0.39, 0.29) is 32.6 Å². The predicted octanol–water partition coefficient (Wildman–Crippen LogP) is 4.07. The zero-order valence-corrected chi connectivity index (χ0v) is 17.3. The number of amides is 3. The molecule has 160 valence electrons. The van der Waals surface area contributed by atoms with Gasteiger partial charge in [0.2, 0.25) is 5.91 Å².